The lowest BCUT2D eigenvalue weighted by atomic mass is 10.2. The number of rotatable bonds is 6. The quantitative estimate of drug-likeness (QED) is 0.811. The van der Waals surface area contributed by atoms with E-state index in [4.69, 9.17) is 0 Å². The van der Waals surface area contributed by atoms with E-state index in [1.165, 1.54) is 30.7 Å². The van der Waals surface area contributed by atoms with Crippen LogP contribution in [0.1, 0.15) is 25.3 Å². The van der Waals surface area contributed by atoms with Crippen molar-refractivity contribution in [3.63, 3.8) is 0 Å². The number of nitrogens with zero attached hydrogens (tertiary/aromatic N) is 1. The molecule has 0 aromatic carbocycles. The van der Waals surface area contributed by atoms with Crippen LogP contribution in [0.2, 0.25) is 0 Å². The lowest BCUT2D eigenvalue weighted by molar-refractivity contribution is -0.137. The Morgan fingerprint density at radius 3 is 2.68 bits per heavy atom. The standard InChI is InChI=1S/C13H17F3N2S/c1-9(6-17-11-3-4-11)8-19-12-5-2-10(7-18-12)13(14,15)16/h2,5,7,9,11,17H,3-4,6,8H2,1H3. The molecule has 1 aromatic rings. The van der Waals surface area contributed by atoms with E-state index in [1.54, 1.807) is 0 Å². The van der Waals surface area contributed by atoms with E-state index in [2.05, 4.69) is 17.2 Å². The van der Waals surface area contributed by atoms with Crippen LogP contribution in [0.4, 0.5) is 13.2 Å². The van der Waals surface area contributed by atoms with Gasteiger partial charge in [0.25, 0.3) is 0 Å². The normalized spacial score (nSPS) is 17.5. The summed E-state index contributed by atoms with van der Waals surface area (Å²) in [5, 5.41) is 4.08. The first-order valence-corrected chi connectivity index (χ1v) is 7.33. The van der Waals surface area contributed by atoms with Crippen LogP contribution in [0.3, 0.4) is 0 Å². The summed E-state index contributed by atoms with van der Waals surface area (Å²) >= 11 is 1.50. The molecule has 1 unspecified atom stereocenters. The van der Waals surface area contributed by atoms with Crippen LogP contribution in [0.25, 0.3) is 0 Å². The molecule has 0 spiro atoms. The number of pyridine rings is 1. The molecule has 2 rings (SSSR count). The first-order valence-electron chi connectivity index (χ1n) is 6.34. The van der Waals surface area contributed by atoms with Gasteiger partial charge < -0.3 is 5.32 Å². The Hall–Kier alpha value is -0.750. The Labute approximate surface area is 115 Å². The summed E-state index contributed by atoms with van der Waals surface area (Å²) in [4.78, 5) is 3.85. The smallest absolute Gasteiger partial charge is 0.314 e. The molecule has 1 fully saturated rings. The molecule has 0 saturated heterocycles. The van der Waals surface area contributed by atoms with E-state index in [-0.39, 0.29) is 0 Å². The fraction of sp³-hybridized carbons (Fsp3) is 0.615. The van der Waals surface area contributed by atoms with Crippen LogP contribution in [0.5, 0.6) is 0 Å². The second kappa shape index (κ2) is 6.13. The van der Waals surface area contributed by atoms with Crippen LogP contribution in [0, 0.1) is 5.92 Å². The first-order chi connectivity index (χ1) is 8.95. The minimum atomic E-state index is -4.31. The van der Waals surface area contributed by atoms with Gasteiger partial charge in [0.2, 0.25) is 0 Å². The number of alkyl halides is 3. The Morgan fingerprint density at radius 1 is 1.42 bits per heavy atom. The molecular formula is C13H17F3N2S. The van der Waals surface area contributed by atoms with Crippen molar-refractivity contribution >= 4 is 11.8 Å². The van der Waals surface area contributed by atoms with Gasteiger partial charge in [0.1, 0.15) is 0 Å². The van der Waals surface area contributed by atoms with E-state index in [0.717, 1.165) is 24.6 Å². The molecule has 0 bridgehead atoms. The van der Waals surface area contributed by atoms with E-state index < -0.39 is 11.7 Å². The fourth-order valence-electron chi connectivity index (χ4n) is 1.58. The topological polar surface area (TPSA) is 24.9 Å². The highest BCUT2D eigenvalue weighted by atomic mass is 32.2. The number of hydrogen-bond donors (Lipinski definition) is 1. The third-order valence-corrected chi connectivity index (χ3v) is 4.18. The average Bonchev–Trinajstić information content (AvgIpc) is 3.17. The Morgan fingerprint density at radius 2 is 2.16 bits per heavy atom. The predicted molar refractivity (Wildman–Crippen MR) is 70.2 cm³/mol. The fourth-order valence-corrected chi connectivity index (χ4v) is 2.44. The second-order valence-corrected chi connectivity index (χ2v) is 6.02. The van der Waals surface area contributed by atoms with Crippen LogP contribution in [0.15, 0.2) is 23.4 Å². The molecule has 2 nitrogen and oxygen atoms in total. The zero-order chi connectivity index (χ0) is 13.9. The zero-order valence-electron chi connectivity index (χ0n) is 10.7. The van der Waals surface area contributed by atoms with E-state index in [9.17, 15) is 13.2 Å². The van der Waals surface area contributed by atoms with Gasteiger partial charge in [-0.25, -0.2) is 4.98 Å². The number of hydrogen-bond acceptors (Lipinski definition) is 3. The van der Waals surface area contributed by atoms with Gasteiger partial charge in [-0.05, 0) is 37.4 Å². The molecule has 106 valence electrons. The van der Waals surface area contributed by atoms with Gasteiger partial charge in [-0.3, -0.25) is 0 Å². The monoisotopic (exact) mass is 290 g/mol. The lowest BCUT2D eigenvalue weighted by Gasteiger charge is -2.12. The third kappa shape index (κ3) is 5.03. The average molecular weight is 290 g/mol. The maximum atomic E-state index is 12.4. The molecule has 1 heterocycles. The summed E-state index contributed by atoms with van der Waals surface area (Å²) in [7, 11) is 0. The van der Waals surface area contributed by atoms with Gasteiger partial charge in [0.05, 0.1) is 10.6 Å². The van der Waals surface area contributed by atoms with Gasteiger partial charge >= 0.3 is 6.18 Å². The third-order valence-electron chi connectivity index (χ3n) is 2.91. The van der Waals surface area contributed by atoms with E-state index >= 15 is 0 Å². The molecule has 1 aliphatic rings. The summed E-state index contributed by atoms with van der Waals surface area (Å²) in [5.74, 6) is 1.34. The van der Waals surface area contributed by atoms with Gasteiger partial charge in [0.15, 0.2) is 0 Å². The van der Waals surface area contributed by atoms with Crippen molar-refractivity contribution in [3.8, 4) is 0 Å². The maximum absolute atomic E-state index is 12.4. The molecule has 1 aliphatic carbocycles. The molecule has 1 N–H and O–H groups in total. The largest absolute Gasteiger partial charge is 0.417 e. The van der Waals surface area contributed by atoms with Gasteiger partial charge in [-0.2, -0.15) is 13.2 Å². The van der Waals surface area contributed by atoms with Gasteiger partial charge in [0, 0.05) is 18.0 Å². The minimum absolute atomic E-state index is 0.481. The highest BCUT2D eigenvalue weighted by Gasteiger charge is 2.30. The molecule has 0 radical (unpaired) electrons. The van der Waals surface area contributed by atoms with Gasteiger partial charge in [-0.1, -0.05) is 6.92 Å². The molecular weight excluding hydrogens is 273 g/mol. The number of halogens is 3. The molecule has 1 saturated carbocycles. The SMILES string of the molecule is CC(CNC1CC1)CSc1ccc(C(F)(F)F)cn1. The highest BCUT2D eigenvalue weighted by molar-refractivity contribution is 7.99. The van der Waals surface area contributed by atoms with E-state index in [0.29, 0.717) is 17.0 Å². The van der Waals surface area contributed by atoms with Crippen LogP contribution >= 0.6 is 11.8 Å². The number of aromatic nitrogens is 1. The summed E-state index contributed by atoms with van der Waals surface area (Å²) in [6, 6.07) is 3.22. The van der Waals surface area contributed by atoms with Crippen molar-refractivity contribution in [2.45, 2.75) is 37.0 Å². The van der Waals surface area contributed by atoms with Crippen molar-refractivity contribution in [2.24, 2.45) is 5.92 Å². The van der Waals surface area contributed by atoms with E-state index in [1.807, 2.05) is 0 Å². The Kier molecular flexibility index (Phi) is 4.73. The number of thioether (sulfide) groups is 1. The number of nitrogens with one attached hydrogen (secondary N) is 1. The van der Waals surface area contributed by atoms with Crippen LogP contribution < -0.4 is 5.32 Å². The zero-order valence-corrected chi connectivity index (χ0v) is 11.5. The molecule has 1 atom stereocenters. The molecule has 0 amide bonds. The van der Waals surface area contributed by atoms with Crippen LogP contribution in [-0.4, -0.2) is 23.3 Å². The molecule has 6 heteroatoms. The molecule has 1 aromatic heterocycles. The molecule has 0 aliphatic heterocycles. The Bertz CT molecular complexity index is 401. The van der Waals surface area contributed by atoms with Crippen molar-refractivity contribution < 1.29 is 13.2 Å². The van der Waals surface area contributed by atoms with Crippen molar-refractivity contribution in [2.75, 3.05) is 12.3 Å². The second-order valence-electron chi connectivity index (χ2n) is 4.98. The summed E-state index contributed by atoms with van der Waals surface area (Å²) in [6.07, 6.45) is -0.881. The maximum Gasteiger partial charge on any atom is 0.417 e. The summed E-state index contributed by atoms with van der Waals surface area (Å²) in [6.45, 7) is 3.09. The summed E-state index contributed by atoms with van der Waals surface area (Å²) < 4.78 is 37.1. The van der Waals surface area contributed by atoms with Crippen molar-refractivity contribution in [3.05, 3.63) is 23.9 Å². The van der Waals surface area contributed by atoms with Gasteiger partial charge in [-0.15, -0.1) is 11.8 Å². The van der Waals surface area contributed by atoms with Crippen molar-refractivity contribution in [1.82, 2.24) is 10.3 Å². The predicted octanol–water partition coefficient (Wildman–Crippen LogP) is 3.58. The Balaban J connectivity index is 1.75. The minimum Gasteiger partial charge on any atom is -0.314 e. The lowest BCUT2D eigenvalue weighted by Crippen LogP contribution is -2.24. The van der Waals surface area contributed by atoms with Crippen LogP contribution in [-0.2, 0) is 6.18 Å². The molecule has 19 heavy (non-hydrogen) atoms. The van der Waals surface area contributed by atoms with Crippen molar-refractivity contribution in [1.29, 1.82) is 0 Å². The highest BCUT2D eigenvalue weighted by Crippen LogP contribution is 2.29. The summed E-state index contributed by atoms with van der Waals surface area (Å²) in [5.41, 5.74) is -0.694. The first kappa shape index (κ1) is 14.7.